The molecule has 1 rings (SSSR count). The van der Waals surface area contributed by atoms with E-state index in [9.17, 15) is 9.59 Å². The van der Waals surface area contributed by atoms with Crippen LogP contribution < -0.4 is 16.8 Å². The second-order valence-electron chi connectivity index (χ2n) is 4.48. The van der Waals surface area contributed by atoms with Crippen molar-refractivity contribution < 1.29 is 9.59 Å². The summed E-state index contributed by atoms with van der Waals surface area (Å²) in [5, 5.41) is 2.67. The van der Waals surface area contributed by atoms with Gasteiger partial charge in [-0.2, -0.15) is 0 Å². The minimum Gasteiger partial charge on any atom is -0.367 e. The third-order valence-electron chi connectivity index (χ3n) is 3.02. The summed E-state index contributed by atoms with van der Waals surface area (Å²) < 4.78 is 0. The van der Waals surface area contributed by atoms with E-state index in [0.29, 0.717) is 5.56 Å². The summed E-state index contributed by atoms with van der Waals surface area (Å²) in [4.78, 5) is 23.5. The fourth-order valence-corrected chi connectivity index (χ4v) is 1.52. The molecule has 5 nitrogen and oxygen atoms in total. The van der Waals surface area contributed by atoms with Gasteiger partial charge in [0.25, 0.3) is 0 Å². The van der Waals surface area contributed by atoms with Crippen molar-refractivity contribution in [1.29, 1.82) is 0 Å². The van der Waals surface area contributed by atoms with E-state index in [4.69, 9.17) is 11.5 Å². The van der Waals surface area contributed by atoms with Crippen molar-refractivity contribution in [3.05, 3.63) is 35.9 Å². The molecular weight excluding hydrogens is 230 g/mol. The maximum Gasteiger partial charge on any atom is 0.247 e. The van der Waals surface area contributed by atoms with Crippen molar-refractivity contribution in [3.63, 3.8) is 0 Å². The summed E-state index contributed by atoms with van der Waals surface area (Å²) in [5.41, 5.74) is 10.3. The van der Waals surface area contributed by atoms with Crippen LogP contribution in [0, 0.1) is 5.92 Å². The summed E-state index contributed by atoms with van der Waals surface area (Å²) in [5.74, 6) is -1.26. The van der Waals surface area contributed by atoms with Crippen LogP contribution in [-0.2, 0) is 15.1 Å². The largest absolute Gasteiger partial charge is 0.367 e. The zero-order valence-corrected chi connectivity index (χ0v) is 10.6. The lowest BCUT2D eigenvalue weighted by atomic mass is 9.90. The number of rotatable bonds is 5. The van der Waals surface area contributed by atoms with Gasteiger partial charge in [0.15, 0.2) is 0 Å². The lowest BCUT2D eigenvalue weighted by Gasteiger charge is -2.29. The van der Waals surface area contributed by atoms with Crippen LogP contribution in [0.2, 0.25) is 0 Å². The molecule has 1 aromatic rings. The standard InChI is InChI=1S/C13H19N3O2/c1-9(8-14)11(17)16-13(2,12(15)18)10-6-4-3-5-7-10/h3-7,9H,8,14H2,1-2H3,(H2,15,18)(H,16,17). The Kier molecular flexibility index (Phi) is 4.44. The van der Waals surface area contributed by atoms with Crippen LogP contribution in [0.15, 0.2) is 30.3 Å². The van der Waals surface area contributed by atoms with Gasteiger partial charge in [-0.05, 0) is 12.5 Å². The Hall–Kier alpha value is -1.88. The molecule has 1 aromatic carbocycles. The maximum atomic E-state index is 11.9. The van der Waals surface area contributed by atoms with E-state index < -0.39 is 11.4 Å². The predicted molar refractivity (Wildman–Crippen MR) is 69.3 cm³/mol. The molecule has 0 saturated heterocycles. The molecule has 0 aliphatic carbocycles. The minimum absolute atomic E-state index is 0.218. The number of carbonyl (C=O) groups excluding carboxylic acids is 2. The summed E-state index contributed by atoms with van der Waals surface area (Å²) in [6.07, 6.45) is 0. The predicted octanol–water partition coefficient (Wildman–Crippen LogP) is 0.0981. The van der Waals surface area contributed by atoms with Crippen molar-refractivity contribution in [2.45, 2.75) is 19.4 Å². The Bertz CT molecular complexity index is 433. The first-order valence-electron chi connectivity index (χ1n) is 5.79. The Morgan fingerprint density at radius 3 is 2.33 bits per heavy atom. The highest BCUT2D eigenvalue weighted by molar-refractivity contribution is 5.91. The quantitative estimate of drug-likeness (QED) is 0.690. The molecule has 0 heterocycles. The molecule has 0 fully saturated rings. The number of primary amides is 1. The molecule has 5 N–H and O–H groups in total. The first-order valence-corrected chi connectivity index (χ1v) is 5.79. The Morgan fingerprint density at radius 1 is 1.33 bits per heavy atom. The average Bonchev–Trinajstić information content (AvgIpc) is 2.38. The molecule has 98 valence electrons. The number of hydrogen-bond acceptors (Lipinski definition) is 3. The topological polar surface area (TPSA) is 98.2 Å². The second kappa shape index (κ2) is 5.64. The molecule has 0 bridgehead atoms. The molecule has 0 saturated carbocycles. The molecule has 0 aromatic heterocycles. The second-order valence-corrected chi connectivity index (χ2v) is 4.48. The normalized spacial score (nSPS) is 15.5. The van der Waals surface area contributed by atoms with Crippen LogP contribution in [0.4, 0.5) is 0 Å². The van der Waals surface area contributed by atoms with Crippen molar-refractivity contribution in [2.24, 2.45) is 17.4 Å². The molecule has 0 aliphatic rings. The Labute approximate surface area is 107 Å². The molecule has 2 unspecified atom stereocenters. The first-order chi connectivity index (χ1) is 8.41. The maximum absolute atomic E-state index is 11.9. The summed E-state index contributed by atoms with van der Waals surface area (Å²) in [6, 6.07) is 8.90. The van der Waals surface area contributed by atoms with E-state index in [1.807, 2.05) is 6.07 Å². The van der Waals surface area contributed by atoms with Gasteiger partial charge in [0.2, 0.25) is 11.8 Å². The van der Waals surface area contributed by atoms with Crippen LogP contribution in [0.1, 0.15) is 19.4 Å². The van der Waals surface area contributed by atoms with Gasteiger partial charge in [-0.3, -0.25) is 9.59 Å². The molecule has 2 atom stereocenters. The molecule has 5 heteroatoms. The van der Waals surface area contributed by atoms with Gasteiger partial charge in [-0.25, -0.2) is 0 Å². The number of nitrogens with two attached hydrogens (primary N) is 2. The third kappa shape index (κ3) is 2.87. The van der Waals surface area contributed by atoms with Gasteiger partial charge < -0.3 is 16.8 Å². The van der Waals surface area contributed by atoms with Crippen LogP contribution in [-0.4, -0.2) is 18.4 Å². The van der Waals surface area contributed by atoms with Crippen molar-refractivity contribution in [1.82, 2.24) is 5.32 Å². The Balaban J connectivity index is 3.03. The number of hydrogen-bond donors (Lipinski definition) is 3. The Morgan fingerprint density at radius 2 is 1.89 bits per heavy atom. The summed E-state index contributed by atoms with van der Waals surface area (Å²) in [6.45, 7) is 3.50. The van der Waals surface area contributed by atoms with Gasteiger partial charge >= 0.3 is 0 Å². The molecule has 2 amide bonds. The van der Waals surface area contributed by atoms with E-state index in [0.717, 1.165) is 0 Å². The summed E-state index contributed by atoms with van der Waals surface area (Å²) in [7, 11) is 0. The van der Waals surface area contributed by atoms with E-state index in [2.05, 4.69) is 5.32 Å². The molecule has 18 heavy (non-hydrogen) atoms. The average molecular weight is 249 g/mol. The third-order valence-corrected chi connectivity index (χ3v) is 3.02. The van der Waals surface area contributed by atoms with E-state index in [-0.39, 0.29) is 18.4 Å². The lowest BCUT2D eigenvalue weighted by Crippen LogP contribution is -2.54. The smallest absolute Gasteiger partial charge is 0.247 e. The molecule has 0 spiro atoms. The number of amides is 2. The number of nitrogens with one attached hydrogen (secondary N) is 1. The van der Waals surface area contributed by atoms with E-state index >= 15 is 0 Å². The van der Waals surface area contributed by atoms with Gasteiger partial charge in [0.05, 0.1) is 0 Å². The molecule has 0 radical (unpaired) electrons. The number of benzene rings is 1. The first kappa shape index (κ1) is 14.2. The van der Waals surface area contributed by atoms with Gasteiger partial charge in [0.1, 0.15) is 5.54 Å². The van der Waals surface area contributed by atoms with E-state index in [1.54, 1.807) is 38.1 Å². The van der Waals surface area contributed by atoms with Crippen molar-refractivity contribution >= 4 is 11.8 Å². The lowest BCUT2D eigenvalue weighted by molar-refractivity contribution is -0.133. The minimum atomic E-state index is -1.22. The van der Waals surface area contributed by atoms with Gasteiger partial charge in [-0.1, -0.05) is 37.3 Å². The zero-order valence-electron chi connectivity index (χ0n) is 10.6. The highest BCUT2D eigenvalue weighted by Crippen LogP contribution is 2.20. The monoisotopic (exact) mass is 249 g/mol. The van der Waals surface area contributed by atoms with Crippen LogP contribution in [0.25, 0.3) is 0 Å². The van der Waals surface area contributed by atoms with Crippen LogP contribution >= 0.6 is 0 Å². The number of carbonyl (C=O) groups is 2. The van der Waals surface area contributed by atoms with Crippen molar-refractivity contribution in [2.75, 3.05) is 6.54 Å². The highest BCUT2D eigenvalue weighted by Gasteiger charge is 2.35. The SMILES string of the molecule is CC(CN)C(=O)NC(C)(C(N)=O)c1ccccc1. The van der Waals surface area contributed by atoms with Crippen molar-refractivity contribution in [3.8, 4) is 0 Å². The van der Waals surface area contributed by atoms with E-state index in [1.165, 1.54) is 0 Å². The van der Waals surface area contributed by atoms with Crippen LogP contribution in [0.5, 0.6) is 0 Å². The molecule has 0 aliphatic heterocycles. The summed E-state index contributed by atoms with van der Waals surface area (Å²) >= 11 is 0. The van der Waals surface area contributed by atoms with Gasteiger partial charge in [0, 0.05) is 12.5 Å². The fraction of sp³-hybridized carbons (Fsp3) is 0.385. The zero-order chi connectivity index (χ0) is 13.8. The highest BCUT2D eigenvalue weighted by atomic mass is 16.2. The van der Waals surface area contributed by atoms with Crippen LogP contribution in [0.3, 0.4) is 0 Å². The fourth-order valence-electron chi connectivity index (χ4n) is 1.52. The van der Waals surface area contributed by atoms with Gasteiger partial charge in [-0.15, -0.1) is 0 Å². The molecular formula is C13H19N3O2.